The number of anilines is 1. The zero-order valence-electron chi connectivity index (χ0n) is 16.2. The number of aromatic nitrogens is 3. The number of amides is 1. The highest BCUT2D eigenvalue weighted by Crippen LogP contribution is 2.44. The van der Waals surface area contributed by atoms with Crippen molar-refractivity contribution in [1.29, 1.82) is 0 Å². The number of carbonyl (C=O) groups is 1. The van der Waals surface area contributed by atoms with Crippen molar-refractivity contribution in [3.8, 4) is 27.5 Å². The van der Waals surface area contributed by atoms with Crippen LogP contribution in [0.25, 0.3) is 32.4 Å². The van der Waals surface area contributed by atoms with Gasteiger partial charge in [0, 0.05) is 18.1 Å². The van der Waals surface area contributed by atoms with Gasteiger partial charge in [-0.15, -0.1) is 0 Å². The van der Waals surface area contributed by atoms with Crippen molar-refractivity contribution in [3.63, 3.8) is 0 Å². The van der Waals surface area contributed by atoms with E-state index in [-0.39, 0.29) is 5.91 Å². The van der Waals surface area contributed by atoms with Crippen molar-refractivity contribution in [2.24, 2.45) is 0 Å². The Kier molecular flexibility index (Phi) is 4.42. The number of thiazole rings is 1. The Labute approximate surface area is 177 Å². The second-order valence-electron chi connectivity index (χ2n) is 7.06. The molecular formula is C23H17N5OS. The molecule has 2 heterocycles. The van der Waals surface area contributed by atoms with Gasteiger partial charge in [0.05, 0.1) is 34.2 Å². The van der Waals surface area contributed by atoms with Crippen LogP contribution in [0.3, 0.4) is 0 Å². The molecule has 0 bridgehead atoms. The molecule has 0 saturated carbocycles. The van der Waals surface area contributed by atoms with Gasteiger partial charge in [-0.3, -0.25) is 4.79 Å². The third-order valence-electron chi connectivity index (χ3n) is 5.04. The molecule has 0 aliphatic heterocycles. The first-order chi connectivity index (χ1) is 14.6. The van der Waals surface area contributed by atoms with Crippen LogP contribution in [-0.4, -0.2) is 20.7 Å². The summed E-state index contributed by atoms with van der Waals surface area (Å²) in [6.45, 7) is 8.85. The molecule has 0 atom stereocenters. The number of aryl methyl sites for hydroxylation is 1. The van der Waals surface area contributed by atoms with Crippen LogP contribution in [0.4, 0.5) is 10.8 Å². The summed E-state index contributed by atoms with van der Waals surface area (Å²) in [6.07, 6.45) is 1.62. The molecule has 0 unspecified atom stereocenters. The molecule has 2 aromatic carbocycles. The molecule has 1 amide bonds. The SMILES string of the molecule is [C-]#[N+]c1cccc(-n2nc(-c3ccccc3)c3c2-c2sc(NC(C)=O)nc2CC3)c1. The predicted octanol–water partition coefficient (Wildman–Crippen LogP) is 5.27. The van der Waals surface area contributed by atoms with E-state index >= 15 is 0 Å². The van der Waals surface area contributed by atoms with Crippen molar-refractivity contribution in [2.45, 2.75) is 19.8 Å². The van der Waals surface area contributed by atoms with Gasteiger partial charge >= 0.3 is 0 Å². The van der Waals surface area contributed by atoms with Gasteiger partial charge in [-0.1, -0.05) is 53.8 Å². The Morgan fingerprint density at radius 1 is 1.17 bits per heavy atom. The zero-order valence-corrected chi connectivity index (χ0v) is 17.0. The highest BCUT2D eigenvalue weighted by molar-refractivity contribution is 7.19. The molecule has 0 spiro atoms. The summed E-state index contributed by atoms with van der Waals surface area (Å²) < 4.78 is 1.92. The first-order valence-electron chi connectivity index (χ1n) is 9.57. The van der Waals surface area contributed by atoms with E-state index in [1.54, 1.807) is 6.07 Å². The van der Waals surface area contributed by atoms with Gasteiger partial charge in [-0.2, -0.15) is 5.10 Å². The van der Waals surface area contributed by atoms with Crippen LogP contribution in [0, 0.1) is 6.57 Å². The summed E-state index contributed by atoms with van der Waals surface area (Å²) in [5.41, 5.74) is 6.54. The van der Waals surface area contributed by atoms with Crippen molar-refractivity contribution in [3.05, 3.63) is 77.3 Å². The van der Waals surface area contributed by atoms with E-state index in [0.29, 0.717) is 10.8 Å². The standard InChI is InChI=1S/C23H17N5OS/c1-14(29)25-23-26-19-12-11-18-20(15-7-4-3-5-8-15)27-28(21(18)22(19)30-23)17-10-6-9-16(13-17)24-2/h3-10,13H,11-12H2,1H3,(H,25,26,29). The lowest BCUT2D eigenvalue weighted by Gasteiger charge is -2.14. The van der Waals surface area contributed by atoms with Gasteiger partial charge in [-0.05, 0) is 25.0 Å². The molecule has 0 radical (unpaired) electrons. The molecule has 5 rings (SSSR count). The maximum atomic E-state index is 11.5. The van der Waals surface area contributed by atoms with Crippen molar-refractivity contribution in [1.82, 2.24) is 14.8 Å². The first-order valence-corrected chi connectivity index (χ1v) is 10.4. The Morgan fingerprint density at radius 3 is 2.77 bits per heavy atom. The number of hydrogen-bond donors (Lipinski definition) is 1. The lowest BCUT2D eigenvalue weighted by atomic mass is 9.95. The average molecular weight is 411 g/mol. The van der Waals surface area contributed by atoms with Gasteiger partial charge in [0.2, 0.25) is 5.91 Å². The molecule has 6 nitrogen and oxygen atoms in total. The molecule has 1 N–H and O–H groups in total. The monoisotopic (exact) mass is 411 g/mol. The molecular weight excluding hydrogens is 394 g/mol. The van der Waals surface area contributed by atoms with E-state index in [9.17, 15) is 4.79 Å². The van der Waals surface area contributed by atoms with Crippen LogP contribution >= 0.6 is 11.3 Å². The summed E-state index contributed by atoms with van der Waals surface area (Å²) in [4.78, 5) is 20.7. The minimum Gasteiger partial charge on any atom is -0.302 e. The van der Waals surface area contributed by atoms with E-state index in [2.05, 4.69) is 27.3 Å². The number of nitrogens with zero attached hydrogens (tertiary/aromatic N) is 4. The van der Waals surface area contributed by atoms with Gasteiger partial charge in [0.1, 0.15) is 0 Å². The molecule has 4 aromatic rings. The number of nitrogens with one attached hydrogen (secondary N) is 1. The molecule has 146 valence electrons. The van der Waals surface area contributed by atoms with E-state index in [1.165, 1.54) is 23.8 Å². The highest BCUT2D eigenvalue weighted by Gasteiger charge is 2.29. The quantitative estimate of drug-likeness (QED) is 0.467. The maximum absolute atomic E-state index is 11.5. The number of fused-ring (bicyclic) bond motifs is 3. The van der Waals surface area contributed by atoms with Crippen molar-refractivity contribution >= 4 is 28.1 Å². The summed E-state index contributed by atoms with van der Waals surface area (Å²) in [6, 6.07) is 17.6. The number of carbonyl (C=O) groups excluding carboxylic acids is 1. The van der Waals surface area contributed by atoms with Crippen LogP contribution in [0.5, 0.6) is 0 Å². The third kappa shape index (κ3) is 3.08. The fraction of sp³-hybridized carbons (Fsp3) is 0.130. The number of rotatable bonds is 3. The summed E-state index contributed by atoms with van der Waals surface area (Å²) >= 11 is 1.47. The third-order valence-corrected chi connectivity index (χ3v) is 6.06. The Hall–Kier alpha value is -3.76. The Balaban J connectivity index is 1.76. The lowest BCUT2D eigenvalue weighted by Crippen LogP contribution is -2.06. The van der Waals surface area contributed by atoms with Crippen molar-refractivity contribution < 1.29 is 4.79 Å². The van der Waals surface area contributed by atoms with Crippen LogP contribution in [0.2, 0.25) is 0 Å². The Bertz CT molecular complexity index is 1310. The highest BCUT2D eigenvalue weighted by atomic mass is 32.1. The molecule has 2 aromatic heterocycles. The molecule has 7 heteroatoms. The number of benzene rings is 2. The van der Waals surface area contributed by atoms with Gasteiger partial charge in [-0.25, -0.2) is 14.5 Å². The van der Waals surface area contributed by atoms with E-state index in [4.69, 9.17) is 11.7 Å². The summed E-state index contributed by atoms with van der Waals surface area (Å²) in [7, 11) is 0. The predicted molar refractivity (Wildman–Crippen MR) is 118 cm³/mol. The fourth-order valence-corrected chi connectivity index (χ4v) is 4.90. The topological polar surface area (TPSA) is 64.2 Å². The van der Waals surface area contributed by atoms with Crippen LogP contribution < -0.4 is 5.32 Å². The molecule has 1 aliphatic rings. The zero-order chi connectivity index (χ0) is 20.7. The molecule has 1 aliphatic carbocycles. The second-order valence-corrected chi connectivity index (χ2v) is 8.06. The van der Waals surface area contributed by atoms with Crippen LogP contribution in [0.1, 0.15) is 18.2 Å². The molecule has 0 fully saturated rings. The maximum Gasteiger partial charge on any atom is 0.223 e. The molecule has 30 heavy (non-hydrogen) atoms. The van der Waals surface area contributed by atoms with E-state index < -0.39 is 0 Å². The van der Waals surface area contributed by atoms with Gasteiger partial charge in [0.25, 0.3) is 0 Å². The lowest BCUT2D eigenvalue weighted by molar-refractivity contribution is -0.114. The number of hydrogen-bond acceptors (Lipinski definition) is 4. The minimum absolute atomic E-state index is 0.135. The van der Waals surface area contributed by atoms with Crippen LogP contribution in [0.15, 0.2) is 54.6 Å². The normalized spacial score (nSPS) is 12.0. The Morgan fingerprint density at radius 2 is 2.00 bits per heavy atom. The van der Waals surface area contributed by atoms with Gasteiger partial charge < -0.3 is 5.32 Å². The molecule has 0 saturated heterocycles. The minimum atomic E-state index is -0.135. The van der Waals surface area contributed by atoms with E-state index in [1.807, 2.05) is 41.1 Å². The fourth-order valence-electron chi connectivity index (χ4n) is 3.78. The van der Waals surface area contributed by atoms with Crippen molar-refractivity contribution in [2.75, 3.05) is 5.32 Å². The first kappa shape index (κ1) is 18.3. The smallest absolute Gasteiger partial charge is 0.223 e. The van der Waals surface area contributed by atoms with Gasteiger partial charge in [0.15, 0.2) is 10.8 Å². The summed E-state index contributed by atoms with van der Waals surface area (Å²) in [5.74, 6) is -0.135. The average Bonchev–Trinajstić information content (AvgIpc) is 3.34. The largest absolute Gasteiger partial charge is 0.302 e. The summed E-state index contributed by atoms with van der Waals surface area (Å²) in [5, 5.41) is 8.39. The van der Waals surface area contributed by atoms with Crippen LogP contribution in [-0.2, 0) is 17.6 Å². The van der Waals surface area contributed by atoms with E-state index in [0.717, 1.165) is 46.1 Å². The second kappa shape index (κ2) is 7.25.